The molecule has 0 aliphatic carbocycles. The largest absolute Gasteiger partial charge is 0.314 e. The summed E-state index contributed by atoms with van der Waals surface area (Å²) in [6, 6.07) is 1.58. The Morgan fingerprint density at radius 1 is 0.933 bits per heavy atom. The van der Waals surface area contributed by atoms with Crippen molar-refractivity contribution < 1.29 is 0 Å². The van der Waals surface area contributed by atoms with Crippen molar-refractivity contribution in [3.63, 3.8) is 0 Å². The second-order valence-corrected chi connectivity index (χ2v) is 5.18. The molecule has 15 heavy (non-hydrogen) atoms. The van der Waals surface area contributed by atoms with E-state index in [2.05, 4.69) is 17.6 Å². The Morgan fingerprint density at radius 2 is 1.47 bits per heavy atom. The summed E-state index contributed by atoms with van der Waals surface area (Å²) in [7, 11) is 0. The first-order valence-electron chi connectivity index (χ1n) is 6.88. The van der Waals surface area contributed by atoms with Crippen LogP contribution in [0.3, 0.4) is 0 Å². The standard InChI is InChI=1S/C13H26N2/c1-2-11(12-7-3-5-9-14-12)13-8-4-6-10-15-13/h11-15H,2-10H2,1H3. The van der Waals surface area contributed by atoms with E-state index >= 15 is 0 Å². The van der Waals surface area contributed by atoms with Crippen LogP contribution < -0.4 is 10.6 Å². The molecule has 2 N–H and O–H groups in total. The van der Waals surface area contributed by atoms with Gasteiger partial charge in [-0.25, -0.2) is 0 Å². The topological polar surface area (TPSA) is 24.1 Å². The van der Waals surface area contributed by atoms with Gasteiger partial charge in [-0.15, -0.1) is 0 Å². The fourth-order valence-corrected chi connectivity index (χ4v) is 3.34. The average Bonchev–Trinajstić information content (AvgIpc) is 2.33. The predicted molar refractivity (Wildman–Crippen MR) is 65.1 cm³/mol. The molecule has 2 rings (SSSR count). The molecule has 0 spiro atoms. The molecule has 2 aliphatic heterocycles. The lowest BCUT2D eigenvalue weighted by atomic mass is 9.81. The number of nitrogens with one attached hydrogen (secondary N) is 2. The third kappa shape index (κ3) is 2.94. The first-order valence-corrected chi connectivity index (χ1v) is 6.88. The molecule has 0 amide bonds. The number of hydrogen-bond acceptors (Lipinski definition) is 2. The van der Waals surface area contributed by atoms with Crippen LogP contribution >= 0.6 is 0 Å². The molecule has 0 radical (unpaired) electrons. The van der Waals surface area contributed by atoms with E-state index in [-0.39, 0.29) is 0 Å². The molecule has 2 fully saturated rings. The Hall–Kier alpha value is -0.0800. The van der Waals surface area contributed by atoms with Gasteiger partial charge < -0.3 is 10.6 Å². The fourth-order valence-electron chi connectivity index (χ4n) is 3.34. The minimum atomic E-state index is 0.791. The van der Waals surface area contributed by atoms with Crippen LogP contribution in [-0.4, -0.2) is 25.2 Å². The molecule has 2 aliphatic rings. The average molecular weight is 210 g/mol. The van der Waals surface area contributed by atoms with Crippen molar-refractivity contribution in [2.45, 2.75) is 64.0 Å². The monoisotopic (exact) mass is 210 g/mol. The first-order chi connectivity index (χ1) is 7.42. The smallest absolute Gasteiger partial charge is 0.0110 e. The van der Waals surface area contributed by atoms with Gasteiger partial charge in [0.2, 0.25) is 0 Å². The molecule has 2 unspecified atom stereocenters. The minimum absolute atomic E-state index is 0.791. The van der Waals surface area contributed by atoms with Gasteiger partial charge in [-0.2, -0.15) is 0 Å². The summed E-state index contributed by atoms with van der Waals surface area (Å²) in [5.74, 6) is 0.866. The second-order valence-electron chi connectivity index (χ2n) is 5.18. The van der Waals surface area contributed by atoms with Crippen molar-refractivity contribution in [1.29, 1.82) is 0 Å². The normalized spacial score (nSPS) is 35.0. The minimum Gasteiger partial charge on any atom is -0.314 e. The van der Waals surface area contributed by atoms with Crippen LogP contribution in [0.5, 0.6) is 0 Å². The second kappa shape index (κ2) is 5.86. The molecule has 2 heterocycles. The quantitative estimate of drug-likeness (QED) is 0.747. The Balaban J connectivity index is 1.88. The van der Waals surface area contributed by atoms with E-state index in [4.69, 9.17) is 0 Å². The Kier molecular flexibility index (Phi) is 4.45. The van der Waals surface area contributed by atoms with E-state index in [1.807, 2.05) is 0 Å². The lowest BCUT2D eigenvalue weighted by molar-refractivity contribution is 0.203. The third-order valence-electron chi connectivity index (χ3n) is 4.20. The molecule has 88 valence electrons. The van der Waals surface area contributed by atoms with Crippen molar-refractivity contribution >= 4 is 0 Å². The number of rotatable bonds is 3. The van der Waals surface area contributed by atoms with Crippen LogP contribution in [-0.2, 0) is 0 Å². The maximum atomic E-state index is 3.73. The van der Waals surface area contributed by atoms with E-state index in [9.17, 15) is 0 Å². The molecular formula is C13H26N2. The molecule has 0 bridgehead atoms. The molecular weight excluding hydrogens is 184 g/mol. The van der Waals surface area contributed by atoms with E-state index in [0.717, 1.165) is 18.0 Å². The van der Waals surface area contributed by atoms with E-state index in [1.165, 1.54) is 58.0 Å². The van der Waals surface area contributed by atoms with Crippen LogP contribution in [0.2, 0.25) is 0 Å². The van der Waals surface area contributed by atoms with Crippen molar-refractivity contribution in [2.75, 3.05) is 13.1 Å². The van der Waals surface area contributed by atoms with Gasteiger partial charge >= 0.3 is 0 Å². The van der Waals surface area contributed by atoms with Crippen LogP contribution in [0.25, 0.3) is 0 Å². The van der Waals surface area contributed by atoms with Crippen molar-refractivity contribution in [3.05, 3.63) is 0 Å². The van der Waals surface area contributed by atoms with Crippen LogP contribution in [0.1, 0.15) is 51.9 Å². The zero-order valence-electron chi connectivity index (χ0n) is 10.1. The highest BCUT2D eigenvalue weighted by Crippen LogP contribution is 2.25. The highest BCUT2D eigenvalue weighted by molar-refractivity contribution is 4.88. The number of hydrogen-bond donors (Lipinski definition) is 2. The summed E-state index contributed by atoms with van der Waals surface area (Å²) < 4.78 is 0. The van der Waals surface area contributed by atoms with Gasteiger partial charge in [0.05, 0.1) is 0 Å². The third-order valence-corrected chi connectivity index (χ3v) is 4.20. The van der Waals surface area contributed by atoms with Gasteiger partial charge in [-0.1, -0.05) is 26.2 Å². The van der Waals surface area contributed by atoms with E-state index in [1.54, 1.807) is 0 Å². The molecule has 0 saturated carbocycles. The summed E-state index contributed by atoms with van der Waals surface area (Å²) in [6.45, 7) is 4.85. The highest BCUT2D eigenvalue weighted by Gasteiger charge is 2.29. The Morgan fingerprint density at radius 3 is 1.80 bits per heavy atom. The molecule has 2 heteroatoms. The zero-order chi connectivity index (χ0) is 10.5. The highest BCUT2D eigenvalue weighted by atomic mass is 15.0. The molecule has 0 aromatic carbocycles. The number of piperidine rings is 2. The van der Waals surface area contributed by atoms with Gasteiger partial charge in [0.1, 0.15) is 0 Å². The van der Waals surface area contributed by atoms with Gasteiger partial charge in [0, 0.05) is 12.1 Å². The first kappa shape index (κ1) is 11.4. The summed E-state index contributed by atoms with van der Waals surface area (Å²) in [5.41, 5.74) is 0. The Labute approximate surface area is 94.2 Å². The van der Waals surface area contributed by atoms with Gasteiger partial charge in [-0.3, -0.25) is 0 Å². The molecule has 2 atom stereocenters. The summed E-state index contributed by atoms with van der Waals surface area (Å²) in [4.78, 5) is 0. The maximum Gasteiger partial charge on any atom is 0.0110 e. The zero-order valence-corrected chi connectivity index (χ0v) is 10.1. The van der Waals surface area contributed by atoms with E-state index in [0.29, 0.717) is 0 Å². The summed E-state index contributed by atoms with van der Waals surface area (Å²) in [5, 5.41) is 7.45. The maximum absolute atomic E-state index is 3.73. The molecule has 2 nitrogen and oxygen atoms in total. The van der Waals surface area contributed by atoms with Crippen molar-refractivity contribution in [3.8, 4) is 0 Å². The van der Waals surface area contributed by atoms with Gasteiger partial charge in [-0.05, 0) is 44.7 Å². The fraction of sp³-hybridized carbons (Fsp3) is 1.00. The Bertz CT molecular complexity index is 151. The molecule has 2 saturated heterocycles. The van der Waals surface area contributed by atoms with Crippen LogP contribution in [0.4, 0.5) is 0 Å². The molecule has 0 aromatic rings. The van der Waals surface area contributed by atoms with E-state index < -0.39 is 0 Å². The van der Waals surface area contributed by atoms with Crippen LogP contribution in [0.15, 0.2) is 0 Å². The molecule has 0 aromatic heterocycles. The lowest BCUT2D eigenvalue weighted by Crippen LogP contribution is -2.50. The van der Waals surface area contributed by atoms with Crippen molar-refractivity contribution in [2.24, 2.45) is 5.92 Å². The van der Waals surface area contributed by atoms with Gasteiger partial charge in [0.25, 0.3) is 0 Å². The van der Waals surface area contributed by atoms with Crippen molar-refractivity contribution in [1.82, 2.24) is 10.6 Å². The summed E-state index contributed by atoms with van der Waals surface area (Å²) in [6.07, 6.45) is 9.75. The lowest BCUT2D eigenvalue weighted by Gasteiger charge is -2.38. The van der Waals surface area contributed by atoms with Gasteiger partial charge in [0.15, 0.2) is 0 Å². The van der Waals surface area contributed by atoms with Crippen LogP contribution in [0, 0.1) is 5.92 Å². The summed E-state index contributed by atoms with van der Waals surface area (Å²) >= 11 is 0. The SMILES string of the molecule is CCC(C1CCCCN1)C1CCCCN1. The predicted octanol–water partition coefficient (Wildman–Crippen LogP) is 2.30.